The maximum atomic E-state index is 12.0. The number of amides is 1. The molecule has 92 valence electrons. The molecule has 2 rings (SSSR count). The predicted molar refractivity (Wildman–Crippen MR) is 64.3 cm³/mol. The Balaban J connectivity index is 2.09. The number of hydrogen-bond donors (Lipinski definition) is 2. The molecule has 5 heteroatoms. The van der Waals surface area contributed by atoms with Gasteiger partial charge in [-0.1, -0.05) is 11.6 Å². The molecular weight excluding hydrogens is 242 g/mol. The van der Waals surface area contributed by atoms with E-state index in [0.29, 0.717) is 17.2 Å². The molecule has 0 aliphatic carbocycles. The van der Waals surface area contributed by atoms with Gasteiger partial charge in [-0.3, -0.25) is 4.79 Å². The second-order valence-electron chi connectivity index (χ2n) is 4.14. The average Bonchev–Trinajstić information content (AvgIpc) is 2.64. The third-order valence-electron chi connectivity index (χ3n) is 2.80. The minimum absolute atomic E-state index is 0.214. The van der Waals surface area contributed by atoms with E-state index < -0.39 is 6.10 Å². The Bertz CT molecular complexity index is 436. The summed E-state index contributed by atoms with van der Waals surface area (Å²) in [5, 5.41) is 12.9. The zero-order valence-electron chi connectivity index (χ0n) is 9.44. The average molecular weight is 256 g/mol. The first-order valence-electron chi connectivity index (χ1n) is 5.41. The number of aryl methyl sites for hydroxylation is 1. The van der Waals surface area contributed by atoms with Gasteiger partial charge in [-0.2, -0.15) is 0 Å². The van der Waals surface area contributed by atoms with E-state index in [2.05, 4.69) is 5.32 Å². The van der Waals surface area contributed by atoms with E-state index in [0.717, 1.165) is 5.56 Å². The lowest BCUT2D eigenvalue weighted by molar-refractivity contribution is 0.0886. The van der Waals surface area contributed by atoms with Crippen molar-refractivity contribution >= 4 is 17.5 Å². The van der Waals surface area contributed by atoms with Crippen LogP contribution >= 0.6 is 11.6 Å². The fourth-order valence-electron chi connectivity index (χ4n) is 1.81. The smallest absolute Gasteiger partial charge is 0.251 e. The molecule has 0 aromatic heterocycles. The SMILES string of the molecule is Cc1cc(Cl)ccc1C(=O)N[C@H]1COC[C@@H]1O. The molecule has 4 nitrogen and oxygen atoms in total. The van der Waals surface area contributed by atoms with Gasteiger partial charge in [0, 0.05) is 10.6 Å². The minimum Gasteiger partial charge on any atom is -0.388 e. The molecule has 0 unspecified atom stereocenters. The highest BCUT2D eigenvalue weighted by atomic mass is 35.5. The monoisotopic (exact) mass is 255 g/mol. The number of ether oxygens (including phenoxy) is 1. The number of hydrogen-bond acceptors (Lipinski definition) is 3. The Morgan fingerprint density at radius 1 is 1.53 bits per heavy atom. The second-order valence-corrected chi connectivity index (χ2v) is 4.58. The van der Waals surface area contributed by atoms with E-state index in [9.17, 15) is 9.90 Å². The zero-order chi connectivity index (χ0) is 12.4. The summed E-state index contributed by atoms with van der Waals surface area (Å²) < 4.78 is 5.07. The molecule has 1 aromatic carbocycles. The van der Waals surface area contributed by atoms with Crippen molar-refractivity contribution in [2.24, 2.45) is 0 Å². The summed E-state index contributed by atoms with van der Waals surface area (Å²) in [6.07, 6.45) is -0.633. The number of rotatable bonds is 2. The predicted octanol–water partition coefficient (Wildman–Crippen LogP) is 1.14. The summed E-state index contributed by atoms with van der Waals surface area (Å²) >= 11 is 5.82. The van der Waals surface area contributed by atoms with Gasteiger partial charge < -0.3 is 15.2 Å². The van der Waals surface area contributed by atoms with Crippen LogP contribution in [-0.4, -0.2) is 36.4 Å². The first-order chi connectivity index (χ1) is 8.08. The maximum absolute atomic E-state index is 12.0. The van der Waals surface area contributed by atoms with E-state index in [1.165, 1.54) is 0 Å². The summed E-state index contributed by atoms with van der Waals surface area (Å²) in [6.45, 7) is 2.44. The maximum Gasteiger partial charge on any atom is 0.251 e. The Morgan fingerprint density at radius 3 is 2.88 bits per heavy atom. The van der Waals surface area contributed by atoms with Crippen molar-refractivity contribution in [3.8, 4) is 0 Å². The minimum atomic E-state index is -0.633. The van der Waals surface area contributed by atoms with Crippen molar-refractivity contribution in [1.29, 1.82) is 0 Å². The number of benzene rings is 1. The van der Waals surface area contributed by atoms with Crippen LogP contribution in [0.1, 0.15) is 15.9 Å². The van der Waals surface area contributed by atoms with E-state index in [4.69, 9.17) is 16.3 Å². The number of aliphatic hydroxyl groups excluding tert-OH is 1. The van der Waals surface area contributed by atoms with Crippen molar-refractivity contribution in [1.82, 2.24) is 5.32 Å². The lowest BCUT2D eigenvalue weighted by atomic mass is 10.1. The molecule has 1 aliphatic rings. The molecule has 0 spiro atoms. The van der Waals surface area contributed by atoms with Crippen molar-refractivity contribution in [3.63, 3.8) is 0 Å². The highest BCUT2D eigenvalue weighted by Crippen LogP contribution is 2.16. The van der Waals surface area contributed by atoms with Gasteiger partial charge in [-0.25, -0.2) is 0 Å². The fourth-order valence-corrected chi connectivity index (χ4v) is 2.04. The summed E-state index contributed by atoms with van der Waals surface area (Å²) in [5.74, 6) is -0.214. The highest BCUT2D eigenvalue weighted by molar-refractivity contribution is 6.30. The molecular formula is C12H14ClNO3. The molecule has 1 saturated heterocycles. The molecule has 1 heterocycles. The number of halogens is 1. The molecule has 17 heavy (non-hydrogen) atoms. The first-order valence-corrected chi connectivity index (χ1v) is 5.78. The molecule has 1 fully saturated rings. The van der Waals surface area contributed by atoms with E-state index in [1.807, 2.05) is 6.92 Å². The van der Waals surface area contributed by atoms with Crippen LogP contribution in [0.2, 0.25) is 5.02 Å². The van der Waals surface area contributed by atoms with Crippen LogP contribution in [0.3, 0.4) is 0 Å². The highest BCUT2D eigenvalue weighted by Gasteiger charge is 2.28. The Labute approximate surface area is 105 Å². The van der Waals surface area contributed by atoms with Crippen LogP contribution in [0, 0.1) is 6.92 Å². The van der Waals surface area contributed by atoms with Gasteiger partial charge >= 0.3 is 0 Å². The van der Waals surface area contributed by atoms with Crippen LogP contribution in [0.5, 0.6) is 0 Å². The van der Waals surface area contributed by atoms with Crippen molar-refractivity contribution in [2.45, 2.75) is 19.1 Å². The third-order valence-corrected chi connectivity index (χ3v) is 3.04. The molecule has 0 bridgehead atoms. The Kier molecular flexibility index (Phi) is 3.66. The Hall–Kier alpha value is -1.10. The molecule has 0 radical (unpaired) electrons. The van der Waals surface area contributed by atoms with Gasteiger partial charge in [0.1, 0.15) is 0 Å². The van der Waals surface area contributed by atoms with Crippen LogP contribution in [0.25, 0.3) is 0 Å². The number of nitrogens with one attached hydrogen (secondary N) is 1. The lowest BCUT2D eigenvalue weighted by Crippen LogP contribution is -2.42. The summed E-state index contributed by atoms with van der Waals surface area (Å²) in [5.41, 5.74) is 1.37. The fraction of sp³-hybridized carbons (Fsp3) is 0.417. The van der Waals surface area contributed by atoms with E-state index in [-0.39, 0.29) is 18.6 Å². The molecule has 2 atom stereocenters. The van der Waals surface area contributed by atoms with Gasteiger partial charge in [0.05, 0.1) is 25.4 Å². The molecule has 1 aliphatic heterocycles. The molecule has 2 N–H and O–H groups in total. The number of carbonyl (C=O) groups is 1. The summed E-state index contributed by atoms with van der Waals surface area (Å²) in [7, 11) is 0. The standard InChI is InChI=1S/C12H14ClNO3/c1-7-4-8(13)2-3-9(7)12(16)14-10-5-17-6-11(10)15/h2-4,10-11,15H,5-6H2,1H3,(H,14,16)/t10-,11-/m0/s1. The normalized spacial score (nSPS) is 23.7. The lowest BCUT2D eigenvalue weighted by Gasteiger charge is -2.15. The van der Waals surface area contributed by atoms with E-state index in [1.54, 1.807) is 18.2 Å². The quantitative estimate of drug-likeness (QED) is 0.833. The second kappa shape index (κ2) is 5.04. The van der Waals surface area contributed by atoms with Gasteiger partial charge in [0.25, 0.3) is 5.91 Å². The van der Waals surface area contributed by atoms with Crippen molar-refractivity contribution < 1.29 is 14.6 Å². The molecule has 1 amide bonds. The molecule has 0 saturated carbocycles. The first kappa shape index (κ1) is 12.4. The van der Waals surface area contributed by atoms with Crippen LogP contribution < -0.4 is 5.32 Å². The largest absolute Gasteiger partial charge is 0.388 e. The van der Waals surface area contributed by atoms with Crippen molar-refractivity contribution in [3.05, 3.63) is 34.3 Å². The van der Waals surface area contributed by atoms with Crippen LogP contribution in [0.4, 0.5) is 0 Å². The summed E-state index contributed by atoms with van der Waals surface area (Å²) in [6, 6.07) is 4.75. The third kappa shape index (κ3) is 2.77. The van der Waals surface area contributed by atoms with Gasteiger partial charge in [-0.05, 0) is 30.7 Å². The van der Waals surface area contributed by atoms with Gasteiger partial charge in [0.15, 0.2) is 0 Å². The number of aliphatic hydroxyl groups is 1. The topological polar surface area (TPSA) is 58.6 Å². The van der Waals surface area contributed by atoms with E-state index >= 15 is 0 Å². The molecule has 1 aromatic rings. The van der Waals surface area contributed by atoms with Crippen molar-refractivity contribution in [2.75, 3.05) is 13.2 Å². The number of carbonyl (C=O) groups excluding carboxylic acids is 1. The zero-order valence-corrected chi connectivity index (χ0v) is 10.2. The Morgan fingerprint density at radius 2 is 2.29 bits per heavy atom. The summed E-state index contributed by atoms with van der Waals surface area (Å²) in [4.78, 5) is 12.0. The van der Waals surface area contributed by atoms with Gasteiger partial charge in [-0.15, -0.1) is 0 Å². The van der Waals surface area contributed by atoms with Crippen LogP contribution in [0.15, 0.2) is 18.2 Å². The van der Waals surface area contributed by atoms with Gasteiger partial charge in [0.2, 0.25) is 0 Å². The van der Waals surface area contributed by atoms with Crippen LogP contribution in [-0.2, 0) is 4.74 Å².